The third-order valence-corrected chi connectivity index (χ3v) is 3.99. The molecule has 0 heterocycles. The van der Waals surface area contributed by atoms with Gasteiger partial charge in [0.05, 0.1) is 6.54 Å². The zero-order chi connectivity index (χ0) is 19.5. The zero-order valence-corrected chi connectivity index (χ0v) is 18.7. The first-order valence-corrected chi connectivity index (χ1v) is 9.21. The number of amides is 1. The number of carbonyl (C=O) groups is 1. The van der Waals surface area contributed by atoms with E-state index in [0.717, 1.165) is 31.0 Å². The van der Waals surface area contributed by atoms with Crippen molar-refractivity contribution in [3.05, 3.63) is 65.2 Å². The lowest BCUT2D eigenvalue weighted by Gasteiger charge is -2.13. The normalized spacial score (nSPS) is 10.7. The Hall–Kier alpha value is -2.29. The fraction of sp³-hybridized carbons (Fsp3) is 0.333. The number of nitrogens with zero attached hydrogens (tertiary/aromatic N) is 1. The predicted molar refractivity (Wildman–Crippen MR) is 124 cm³/mol. The van der Waals surface area contributed by atoms with Gasteiger partial charge in [-0.05, 0) is 42.2 Å². The van der Waals surface area contributed by atoms with Gasteiger partial charge in [-0.2, -0.15) is 0 Å². The van der Waals surface area contributed by atoms with Gasteiger partial charge in [-0.1, -0.05) is 43.3 Å². The molecule has 4 N–H and O–H groups in total. The monoisotopic (exact) mass is 496 g/mol. The molecule has 0 aliphatic rings. The van der Waals surface area contributed by atoms with E-state index in [0.29, 0.717) is 12.3 Å². The minimum Gasteiger partial charge on any atom is -0.484 e. The SMILES string of the molecule is CCNC(=NCc1cccc(OCC(N)=O)c1)NCc1ccccc1CC.I. The Labute approximate surface area is 184 Å². The van der Waals surface area contributed by atoms with Crippen LogP contribution in [0.3, 0.4) is 0 Å². The van der Waals surface area contributed by atoms with Crippen LogP contribution in [-0.2, 0) is 24.3 Å². The van der Waals surface area contributed by atoms with Gasteiger partial charge in [0, 0.05) is 13.1 Å². The highest BCUT2D eigenvalue weighted by atomic mass is 127. The molecule has 0 aliphatic heterocycles. The molecular formula is C21H29IN4O2. The molecule has 6 nitrogen and oxygen atoms in total. The summed E-state index contributed by atoms with van der Waals surface area (Å²) in [5, 5.41) is 6.64. The summed E-state index contributed by atoms with van der Waals surface area (Å²) in [5.41, 5.74) is 8.70. The number of aryl methyl sites for hydroxylation is 1. The molecule has 1 amide bonds. The average molecular weight is 496 g/mol. The Morgan fingerprint density at radius 1 is 1.07 bits per heavy atom. The molecule has 152 valence electrons. The lowest BCUT2D eigenvalue weighted by Crippen LogP contribution is -2.37. The molecular weight excluding hydrogens is 467 g/mol. The first-order valence-electron chi connectivity index (χ1n) is 9.21. The second-order valence-corrected chi connectivity index (χ2v) is 6.07. The Kier molecular flexibility index (Phi) is 11.0. The van der Waals surface area contributed by atoms with Crippen LogP contribution < -0.4 is 21.1 Å². The maximum Gasteiger partial charge on any atom is 0.255 e. The van der Waals surface area contributed by atoms with Gasteiger partial charge in [0.15, 0.2) is 12.6 Å². The number of aliphatic imine (C=N–C) groups is 1. The summed E-state index contributed by atoms with van der Waals surface area (Å²) in [6.07, 6.45) is 1.00. The molecule has 0 atom stereocenters. The topological polar surface area (TPSA) is 88.7 Å². The molecule has 7 heteroatoms. The van der Waals surface area contributed by atoms with E-state index >= 15 is 0 Å². The van der Waals surface area contributed by atoms with E-state index in [2.05, 4.69) is 46.8 Å². The molecule has 2 aromatic carbocycles. The van der Waals surface area contributed by atoms with Crippen molar-refractivity contribution in [2.75, 3.05) is 13.2 Å². The van der Waals surface area contributed by atoms with E-state index in [1.165, 1.54) is 11.1 Å². The van der Waals surface area contributed by atoms with Crippen molar-refractivity contribution in [3.63, 3.8) is 0 Å². The van der Waals surface area contributed by atoms with Crippen LogP contribution in [0.25, 0.3) is 0 Å². The van der Waals surface area contributed by atoms with Gasteiger partial charge in [0.2, 0.25) is 0 Å². The molecule has 28 heavy (non-hydrogen) atoms. The van der Waals surface area contributed by atoms with Crippen molar-refractivity contribution in [3.8, 4) is 5.75 Å². The van der Waals surface area contributed by atoms with Crippen LogP contribution in [0.5, 0.6) is 5.75 Å². The molecule has 0 spiro atoms. The molecule has 0 aromatic heterocycles. The van der Waals surface area contributed by atoms with E-state index in [1.54, 1.807) is 6.07 Å². The number of nitrogens with one attached hydrogen (secondary N) is 2. The molecule has 2 aromatic rings. The summed E-state index contributed by atoms with van der Waals surface area (Å²) in [4.78, 5) is 15.5. The van der Waals surface area contributed by atoms with Crippen molar-refractivity contribution in [2.24, 2.45) is 10.7 Å². The number of halogens is 1. The smallest absolute Gasteiger partial charge is 0.255 e. The zero-order valence-electron chi connectivity index (χ0n) is 16.4. The second-order valence-electron chi connectivity index (χ2n) is 6.07. The summed E-state index contributed by atoms with van der Waals surface area (Å²) < 4.78 is 5.34. The van der Waals surface area contributed by atoms with Gasteiger partial charge in [-0.25, -0.2) is 4.99 Å². The van der Waals surface area contributed by atoms with Crippen LogP contribution in [0, 0.1) is 0 Å². The molecule has 0 bridgehead atoms. The predicted octanol–water partition coefficient (Wildman–Crippen LogP) is 2.99. The van der Waals surface area contributed by atoms with Gasteiger partial charge >= 0.3 is 0 Å². The summed E-state index contributed by atoms with van der Waals surface area (Å²) >= 11 is 0. The number of hydrogen-bond donors (Lipinski definition) is 3. The van der Waals surface area contributed by atoms with Gasteiger partial charge in [-0.15, -0.1) is 24.0 Å². The first-order chi connectivity index (χ1) is 13.1. The van der Waals surface area contributed by atoms with E-state index < -0.39 is 5.91 Å². The van der Waals surface area contributed by atoms with E-state index in [9.17, 15) is 4.79 Å². The van der Waals surface area contributed by atoms with Gasteiger partial charge in [0.1, 0.15) is 5.75 Å². The van der Waals surface area contributed by atoms with Crippen molar-refractivity contribution in [1.29, 1.82) is 0 Å². The lowest BCUT2D eigenvalue weighted by molar-refractivity contribution is -0.119. The van der Waals surface area contributed by atoms with Crippen molar-refractivity contribution in [2.45, 2.75) is 33.4 Å². The number of guanidine groups is 1. The molecule has 0 saturated heterocycles. The average Bonchev–Trinajstić information content (AvgIpc) is 2.69. The van der Waals surface area contributed by atoms with Gasteiger partial charge in [0.25, 0.3) is 5.91 Å². The Balaban J connectivity index is 0.00000392. The summed E-state index contributed by atoms with van der Waals surface area (Å²) in [6, 6.07) is 15.9. The quantitative estimate of drug-likeness (QED) is 0.283. The minimum atomic E-state index is -0.496. The third-order valence-electron chi connectivity index (χ3n) is 3.99. The van der Waals surface area contributed by atoms with Gasteiger partial charge < -0.3 is 21.1 Å². The Morgan fingerprint density at radius 2 is 1.82 bits per heavy atom. The maximum absolute atomic E-state index is 10.8. The number of benzene rings is 2. The third kappa shape index (κ3) is 8.16. The molecule has 0 fully saturated rings. The fourth-order valence-corrected chi connectivity index (χ4v) is 2.65. The van der Waals surface area contributed by atoms with Gasteiger partial charge in [-0.3, -0.25) is 4.79 Å². The maximum atomic E-state index is 10.8. The van der Waals surface area contributed by atoms with E-state index in [4.69, 9.17) is 10.5 Å². The molecule has 0 unspecified atom stereocenters. The number of rotatable bonds is 9. The number of carbonyl (C=O) groups excluding carboxylic acids is 1. The number of nitrogens with two attached hydrogens (primary N) is 1. The van der Waals surface area contributed by atoms with Crippen molar-refractivity contribution in [1.82, 2.24) is 10.6 Å². The van der Waals surface area contributed by atoms with Crippen LogP contribution in [0.1, 0.15) is 30.5 Å². The molecule has 0 radical (unpaired) electrons. The van der Waals surface area contributed by atoms with Crippen LogP contribution in [-0.4, -0.2) is 25.0 Å². The Morgan fingerprint density at radius 3 is 2.50 bits per heavy atom. The highest BCUT2D eigenvalue weighted by Crippen LogP contribution is 2.14. The van der Waals surface area contributed by atoms with Crippen molar-refractivity contribution < 1.29 is 9.53 Å². The molecule has 0 saturated carbocycles. The lowest BCUT2D eigenvalue weighted by atomic mass is 10.1. The fourth-order valence-electron chi connectivity index (χ4n) is 2.65. The summed E-state index contributed by atoms with van der Waals surface area (Å²) in [6.45, 7) is 6.06. The van der Waals surface area contributed by atoms with Crippen LogP contribution in [0.2, 0.25) is 0 Å². The van der Waals surface area contributed by atoms with Crippen LogP contribution in [0.15, 0.2) is 53.5 Å². The van der Waals surface area contributed by atoms with E-state index in [-0.39, 0.29) is 30.6 Å². The van der Waals surface area contributed by atoms with Crippen molar-refractivity contribution >= 4 is 35.8 Å². The summed E-state index contributed by atoms with van der Waals surface area (Å²) in [5.74, 6) is 0.868. The standard InChI is InChI=1S/C21H28N4O2.HI/c1-3-17-9-5-6-10-18(17)14-25-21(23-4-2)24-13-16-8-7-11-19(12-16)27-15-20(22)26;/h5-12H,3-4,13-15H2,1-2H3,(H2,22,26)(H2,23,24,25);1H. The number of ether oxygens (including phenoxy) is 1. The number of hydrogen-bond acceptors (Lipinski definition) is 3. The molecule has 2 rings (SSSR count). The molecule has 0 aliphatic carbocycles. The summed E-state index contributed by atoms with van der Waals surface area (Å²) in [7, 11) is 0. The minimum absolute atomic E-state index is 0. The van der Waals surface area contributed by atoms with Crippen LogP contribution >= 0.6 is 24.0 Å². The highest BCUT2D eigenvalue weighted by molar-refractivity contribution is 14.0. The van der Waals surface area contributed by atoms with E-state index in [1.807, 2.05) is 25.1 Å². The number of primary amides is 1. The van der Waals surface area contributed by atoms with Crippen LogP contribution in [0.4, 0.5) is 0 Å². The highest BCUT2D eigenvalue weighted by Gasteiger charge is 2.03. The second kappa shape index (κ2) is 13.0. The Bertz CT molecular complexity index is 781. The first kappa shape index (κ1) is 23.7. The largest absolute Gasteiger partial charge is 0.484 e.